The Bertz CT molecular complexity index is 876. The Morgan fingerprint density at radius 3 is 2.50 bits per heavy atom. The van der Waals surface area contributed by atoms with E-state index in [-0.39, 0.29) is 4.90 Å². The zero-order valence-electron chi connectivity index (χ0n) is 16.6. The van der Waals surface area contributed by atoms with Crippen LogP contribution in [0.4, 0.5) is 20.3 Å². The first-order valence-corrected chi connectivity index (χ1v) is 12.2. The summed E-state index contributed by atoms with van der Waals surface area (Å²) in [7, 11) is 0. The highest BCUT2D eigenvalue weighted by Crippen LogP contribution is 2.32. The summed E-state index contributed by atoms with van der Waals surface area (Å²) in [6.45, 7) is 4.11. The van der Waals surface area contributed by atoms with Crippen LogP contribution in [-0.4, -0.2) is 46.7 Å². The predicted molar refractivity (Wildman–Crippen MR) is 119 cm³/mol. The van der Waals surface area contributed by atoms with E-state index < -0.39 is 23.0 Å². The van der Waals surface area contributed by atoms with E-state index in [1.54, 1.807) is 12.3 Å². The lowest BCUT2D eigenvalue weighted by atomic mass is 10.00. The molecule has 3 heterocycles. The van der Waals surface area contributed by atoms with Crippen LogP contribution in [-0.2, 0) is 11.4 Å². The highest BCUT2D eigenvalue weighted by molar-refractivity contribution is 9.10. The number of anilines is 2. The molecule has 0 aliphatic carbocycles. The highest BCUT2D eigenvalue weighted by Gasteiger charge is 2.28. The Balaban J connectivity index is 1.47. The average molecular weight is 499 g/mol. The molecule has 1 atom stereocenters. The van der Waals surface area contributed by atoms with Gasteiger partial charge in [-0.25, -0.2) is 13.8 Å². The quantitative estimate of drug-likeness (QED) is 0.604. The molecular formula is C21H25BrF2N4OS. The zero-order valence-corrected chi connectivity index (χ0v) is 19.0. The topological polar surface area (TPSA) is 54.5 Å². The number of pyridine rings is 1. The molecule has 2 fully saturated rings. The number of halogens is 3. The van der Waals surface area contributed by atoms with E-state index in [0.717, 1.165) is 42.5 Å². The van der Waals surface area contributed by atoms with Gasteiger partial charge in [0.15, 0.2) is 11.6 Å². The fourth-order valence-electron chi connectivity index (χ4n) is 4.27. The van der Waals surface area contributed by atoms with Gasteiger partial charge in [-0.05, 0) is 66.8 Å². The molecule has 4 rings (SSSR count). The lowest BCUT2D eigenvalue weighted by Gasteiger charge is -2.40. The molecule has 9 heteroatoms. The summed E-state index contributed by atoms with van der Waals surface area (Å²) in [5.74, 6) is -0.839. The number of piperidine rings is 2. The minimum atomic E-state index is -1.88. The van der Waals surface area contributed by atoms with Crippen molar-refractivity contribution >= 4 is 38.8 Å². The van der Waals surface area contributed by atoms with Crippen molar-refractivity contribution in [3.63, 3.8) is 0 Å². The van der Waals surface area contributed by atoms with Crippen LogP contribution in [0.5, 0.6) is 0 Å². The molecule has 1 N–H and O–H groups in total. The number of nitrogens with zero attached hydrogens (tertiary/aromatic N) is 3. The van der Waals surface area contributed by atoms with E-state index >= 15 is 0 Å². The SMILES string of the molecule is [O-][S+](Nc1cc(Br)cnc1N1CCC(N2CCCCC2)CC1)c1ccc(F)cc1F. The van der Waals surface area contributed by atoms with Crippen molar-refractivity contribution in [3.05, 3.63) is 46.6 Å². The van der Waals surface area contributed by atoms with Crippen LogP contribution in [0.25, 0.3) is 0 Å². The predicted octanol–water partition coefficient (Wildman–Crippen LogP) is 4.71. The molecule has 30 heavy (non-hydrogen) atoms. The minimum absolute atomic E-state index is 0.0915. The number of nitrogens with one attached hydrogen (secondary N) is 1. The van der Waals surface area contributed by atoms with Gasteiger partial charge in [-0.15, -0.1) is 0 Å². The molecule has 0 bridgehead atoms. The van der Waals surface area contributed by atoms with Gasteiger partial charge < -0.3 is 14.4 Å². The molecule has 0 spiro atoms. The van der Waals surface area contributed by atoms with Gasteiger partial charge in [0.1, 0.15) is 22.9 Å². The Hall–Kier alpha value is -1.42. The summed E-state index contributed by atoms with van der Waals surface area (Å²) in [6.07, 6.45) is 7.74. The molecule has 1 aromatic heterocycles. The van der Waals surface area contributed by atoms with Gasteiger partial charge in [0.05, 0.1) is 0 Å². The number of hydrogen-bond donors (Lipinski definition) is 1. The maximum absolute atomic E-state index is 14.0. The van der Waals surface area contributed by atoms with Crippen molar-refractivity contribution < 1.29 is 13.3 Å². The third-order valence-electron chi connectivity index (χ3n) is 5.80. The molecule has 0 radical (unpaired) electrons. The Morgan fingerprint density at radius 1 is 1.07 bits per heavy atom. The second-order valence-corrected chi connectivity index (χ2v) is 9.88. The fraction of sp³-hybridized carbons (Fsp3) is 0.476. The van der Waals surface area contributed by atoms with Gasteiger partial charge in [0.25, 0.3) is 0 Å². The van der Waals surface area contributed by atoms with E-state index in [1.165, 1.54) is 38.4 Å². The largest absolute Gasteiger partial charge is 0.588 e. The van der Waals surface area contributed by atoms with Crippen molar-refractivity contribution in [1.29, 1.82) is 0 Å². The summed E-state index contributed by atoms with van der Waals surface area (Å²) in [5, 5.41) is 0. The minimum Gasteiger partial charge on any atom is -0.588 e. The Labute approximate surface area is 187 Å². The third kappa shape index (κ3) is 5.07. The fourth-order valence-corrected chi connectivity index (χ4v) is 5.48. The number of rotatable bonds is 5. The molecular weight excluding hydrogens is 474 g/mol. The monoisotopic (exact) mass is 498 g/mol. The van der Waals surface area contributed by atoms with Crippen molar-refractivity contribution in [3.8, 4) is 0 Å². The zero-order chi connectivity index (χ0) is 21.1. The number of benzene rings is 1. The normalized spacial score (nSPS) is 19.7. The van der Waals surface area contributed by atoms with Crippen LogP contribution in [0.2, 0.25) is 0 Å². The van der Waals surface area contributed by atoms with Crippen LogP contribution >= 0.6 is 15.9 Å². The lowest BCUT2D eigenvalue weighted by Crippen LogP contribution is -2.47. The molecule has 5 nitrogen and oxygen atoms in total. The maximum Gasteiger partial charge on any atom is 0.215 e. The van der Waals surface area contributed by atoms with Crippen LogP contribution in [0.1, 0.15) is 32.1 Å². The third-order valence-corrected chi connectivity index (χ3v) is 7.37. The first kappa shape index (κ1) is 21.8. The van der Waals surface area contributed by atoms with Crippen LogP contribution in [0.15, 0.2) is 39.8 Å². The summed E-state index contributed by atoms with van der Waals surface area (Å²) in [4.78, 5) is 9.25. The van der Waals surface area contributed by atoms with Crippen molar-refractivity contribution in [2.45, 2.75) is 43.0 Å². The highest BCUT2D eigenvalue weighted by atomic mass is 79.9. The molecule has 0 saturated carbocycles. The number of aromatic nitrogens is 1. The standard InChI is InChI=1S/C21H25BrF2N4OS/c22-15-12-19(26-30(29)20-5-4-16(23)13-18(20)24)21(25-14-15)28-10-6-17(7-11-28)27-8-2-1-3-9-27/h4-5,12-14,17,26H,1-3,6-11H2. The molecule has 0 amide bonds. The van der Waals surface area contributed by atoms with Gasteiger partial charge >= 0.3 is 0 Å². The maximum atomic E-state index is 14.0. The van der Waals surface area contributed by atoms with Crippen LogP contribution < -0.4 is 9.62 Å². The van der Waals surface area contributed by atoms with E-state index in [1.807, 2.05) is 0 Å². The van der Waals surface area contributed by atoms with Crippen molar-refractivity contribution in [2.75, 3.05) is 35.8 Å². The molecule has 2 aliphatic rings. The van der Waals surface area contributed by atoms with E-state index in [2.05, 4.69) is 35.4 Å². The Morgan fingerprint density at radius 2 is 1.80 bits per heavy atom. The molecule has 2 saturated heterocycles. The van der Waals surface area contributed by atoms with E-state index in [9.17, 15) is 13.3 Å². The molecule has 1 aromatic carbocycles. The smallest absolute Gasteiger partial charge is 0.215 e. The molecule has 1 unspecified atom stereocenters. The van der Waals surface area contributed by atoms with E-state index in [0.29, 0.717) is 17.5 Å². The molecule has 2 aliphatic heterocycles. The number of hydrogen-bond acceptors (Lipinski definition) is 5. The summed E-state index contributed by atoms with van der Waals surface area (Å²) in [6, 6.07) is 5.43. The second kappa shape index (κ2) is 9.80. The lowest BCUT2D eigenvalue weighted by molar-refractivity contribution is 0.141. The van der Waals surface area contributed by atoms with Crippen LogP contribution in [0, 0.1) is 11.6 Å². The molecule has 162 valence electrons. The molecule has 2 aromatic rings. The summed E-state index contributed by atoms with van der Waals surface area (Å²) >= 11 is 1.53. The second-order valence-electron chi connectivity index (χ2n) is 7.79. The van der Waals surface area contributed by atoms with Crippen molar-refractivity contribution in [1.82, 2.24) is 9.88 Å². The summed E-state index contributed by atoms with van der Waals surface area (Å²) < 4.78 is 43.5. The summed E-state index contributed by atoms with van der Waals surface area (Å²) in [5.41, 5.74) is 0.558. The van der Waals surface area contributed by atoms with Gasteiger partial charge in [-0.2, -0.15) is 4.72 Å². The average Bonchev–Trinajstić information content (AvgIpc) is 2.74. The van der Waals surface area contributed by atoms with Gasteiger partial charge in [-0.1, -0.05) is 6.42 Å². The Kier molecular flexibility index (Phi) is 7.12. The van der Waals surface area contributed by atoms with Gasteiger partial charge in [-0.3, -0.25) is 0 Å². The first-order valence-electron chi connectivity index (χ1n) is 10.3. The number of likely N-dealkylation sites (tertiary alicyclic amines) is 1. The van der Waals surface area contributed by atoms with E-state index in [4.69, 9.17) is 0 Å². The van der Waals surface area contributed by atoms with Crippen LogP contribution in [0.3, 0.4) is 0 Å². The van der Waals surface area contributed by atoms with Gasteiger partial charge in [0, 0.05) is 41.9 Å². The first-order chi connectivity index (χ1) is 14.5. The van der Waals surface area contributed by atoms with Crippen molar-refractivity contribution in [2.24, 2.45) is 0 Å². The van der Waals surface area contributed by atoms with Gasteiger partial charge in [0.2, 0.25) is 4.90 Å².